The minimum Gasteiger partial charge on any atom is -0.484 e. The van der Waals surface area contributed by atoms with Crippen LogP contribution in [0.2, 0.25) is 5.02 Å². The molecule has 1 aromatic heterocycles. The molecular weight excluding hydrogens is 396 g/mol. The number of ether oxygens (including phenoxy) is 1. The first-order valence-electron chi connectivity index (χ1n) is 8.53. The number of carbonyl (C=O) groups is 2. The fourth-order valence-corrected chi connectivity index (χ4v) is 2.68. The first-order valence-corrected chi connectivity index (χ1v) is 8.91. The highest BCUT2D eigenvalue weighted by Crippen LogP contribution is 2.18. The van der Waals surface area contributed by atoms with Gasteiger partial charge in [0.1, 0.15) is 5.75 Å². The Morgan fingerprint density at radius 2 is 1.90 bits per heavy atom. The monoisotopic (exact) mass is 412 g/mol. The number of anilines is 1. The molecule has 0 aliphatic heterocycles. The third-order valence-electron chi connectivity index (χ3n) is 3.87. The highest BCUT2D eigenvalue weighted by molar-refractivity contribution is 6.30. The predicted octanol–water partition coefficient (Wildman–Crippen LogP) is 2.31. The molecule has 29 heavy (non-hydrogen) atoms. The van der Waals surface area contributed by atoms with E-state index in [-0.39, 0.29) is 12.3 Å². The lowest BCUT2D eigenvalue weighted by atomic mass is 10.2. The van der Waals surface area contributed by atoms with Crippen molar-refractivity contribution in [2.75, 3.05) is 11.9 Å². The maximum absolute atomic E-state index is 12.6. The Labute approximate surface area is 170 Å². The molecule has 0 aliphatic rings. The Morgan fingerprint density at radius 1 is 1.17 bits per heavy atom. The minimum absolute atomic E-state index is 0.269. The van der Waals surface area contributed by atoms with Crippen LogP contribution in [0.3, 0.4) is 0 Å². The van der Waals surface area contributed by atoms with Gasteiger partial charge in [-0.25, -0.2) is 4.68 Å². The van der Waals surface area contributed by atoms with Crippen molar-refractivity contribution in [3.63, 3.8) is 0 Å². The van der Waals surface area contributed by atoms with Crippen molar-refractivity contribution in [3.8, 4) is 11.4 Å². The normalized spacial score (nSPS) is 10.4. The Kier molecular flexibility index (Phi) is 5.94. The lowest BCUT2D eigenvalue weighted by Gasteiger charge is -2.12. The van der Waals surface area contributed by atoms with Crippen molar-refractivity contribution in [1.82, 2.24) is 9.78 Å². The molecule has 2 aromatic carbocycles. The zero-order valence-electron chi connectivity index (χ0n) is 15.4. The largest absolute Gasteiger partial charge is 0.484 e. The molecule has 0 aliphatic carbocycles. The summed E-state index contributed by atoms with van der Waals surface area (Å²) < 4.78 is 6.69. The number of amides is 2. The molecule has 1 heterocycles. The summed E-state index contributed by atoms with van der Waals surface area (Å²) in [5, 5.41) is 7.37. The lowest BCUT2D eigenvalue weighted by Crippen LogP contribution is -2.27. The number of benzene rings is 2. The molecule has 8 nitrogen and oxygen atoms in total. The number of nitrogens with one attached hydrogen (secondary N) is 1. The van der Waals surface area contributed by atoms with Crippen LogP contribution < -0.4 is 21.2 Å². The molecule has 0 saturated heterocycles. The van der Waals surface area contributed by atoms with Crippen LogP contribution in [-0.4, -0.2) is 28.2 Å². The zero-order valence-corrected chi connectivity index (χ0v) is 16.1. The summed E-state index contributed by atoms with van der Waals surface area (Å²) >= 11 is 5.91. The smallest absolute Gasteiger partial charge is 0.280 e. The maximum Gasteiger partial charge on any atom is 0.280 e. The van der Waals surface area contributed by atoms with E-state index < -0.39 is 17.2 Å². The van der Waals surface area contributed by atoms with Gasteiger partial charge in [-0.15, -0.1) is 0 Å². The average molecular weight is 413 g/mol. The molecule has 148 valence electrons. The highest BCUT2D eigenvalue weighted by atomic mass is 35.5. The van der Waals surface area contributed by atoms with Crippen molar-refractivity contribution in [3.05, 3.63) is 81.2 Å². The van der Waals surface area contributed by atoms with Gasteiger partial charge < -0.3 is 15.8 Å². The first-order chi connectivity index (χ1) is 13.8. The maximum atomic E-state index is 12.6. The second-order valence-corrected chi connectivity index (χ2v) is 6.56. The number of hydrogen-bond acceptors (Lipinski definition) is 5. The third-order valence-corrected chi connectivity index (χ3v) is 4.12. The topological polar surface area (TPSA) is 116 Å². The number of carbonyl (C=O) groups excluding carboxylic acids is 2. The summed E-state index contributed by atoms with van der Waals surface area (Å²) in [5.74, 6) is -0.951. The number of nitrogens with two attached hydrogens (primary N) is 1. The Hall–Kier alpha value is -3.65. The SMILES string of the molecule is Cc1cc(=O)c(C(=O)Nc2cccc(OCC(N)=O)c2)nn1-c1ccc(Cl)cc1. The van der Waals surface area contributed by atoms with Crippen molar-refractivity contribution in [2.45, 2.75) is 6.92 Å². The summed E-state index contributed by atoms with van der Waals surface area (Å²) in [6, 6.07) is 14.5. The van der Waals surface area contributed by atoms with Crippen LogP contribution in [0, 0.1) is 6.92 Å². The van der Waals surface area contributed by atoms with Crippen LogP contribution in [0.1, 0.15) is 16.2 Å². The van der Waals surface area contributed by atoms with Gasteiger partial charge in [0.2, 0.25) is 5.43 Å². The van der Waals surface area contributed by atoms with E-state index in [2.05, 4.69) is 10.4 Å². The molecule has 0 radical (unpaired) electrons. The third kappa shape index (κ3) is 4.99. The number of primary amides is 1. The van der Waals surface area contributed by atoms with Crippen LogP contribution in [0.5, 0.6) is 5.75 Å². The fraction of sp³-hybridized carbons (Fsp3) is 0.100. The average Bonchev–Trinajstić information content (AvgIpc) is 2.67. The predicted molar refractivity (Wildman–Crippen MR) is 109 cm³/mol. The molecule has 3 aromatic rings. The fourth-order valence-electron chi connectivity index (χ4n) is 2.56. The number of aryl methyl sites for hydroxylation is 1. The zero-order chi connectivity index (χ0) is 21.0. The first kappa shape index (κ1) is 20.1. The molecule has 2 amide bonds. The van der Waals surface area contributed by atoms with E-state index in [1.807, 2.05) is 0 Å². The molecule has 0 bridgehead atoms. The molecule has 9 heteroatoms. The van der Waals surface area contributed by atoms with E-state index in [4.69, 9.17) is 22.1 Å². The van der Waals surface area contributed by atoms with E-state index in [1.54, 1.807) is 49.4 Å². The Morgan fingerprint density at radius 3 is 2.59 bits per heavy atom. The van der Waals surface area contributed by atoms with E-state index >= 15 is 0 Å². The lowest BCUT2D eigenvalue weighted by molar-refractivity contribution is -0.119. The number of nitrogens with zero attached hydrogens (tertiary/aromatic N) is 2. The quantitative estimate of drug-likeness (QED) is 0.644. The van der Waals surface area contributed by atoms with Crippen molar-refractivity contribution >= 4 is 29.1 Å². The Bertz CT molecular complexity index is 1130. The van der Waals surface area contributed by atoms with E-state index in [9.17, 15) is 14.4 Å². The van der Waals surface area contributed by atoms with Gasteiger partial charge in [0.05, 0.1) is 5.69 Å². The molecule has 3 N–H and O–H groups in total. The van der Waals surface area contributed by atoms with Gasteiger partial charge in [0.15, 0.2) is 12.3 Å². The molecule has 0 saturated carbocycles. The van der Waals surface area contributed by atoms with Gasteiger partial charge in [-0.3, -0.25) is 14.4 Å². The van der Waals surface area contributed by atoms with E-state index in [0.717, 1.165) is 0 Å². The standard InChI is InChI=1S/C20H17ClN4O4/c1-12-9-17(26)19(24-25(12)15-7-5-13(21)6-8-15)20(28)23-14-3-2-4-16(10-14)29-11-18(22)27/h2-10H,11H2,1H3,(H2,22,27)(H,23,28). The van der Waals surface area contributed by atoms with Crippen LogP contribution in [0.15, 0.2) is 59.4 Å². The summed E-state index contributed by atoms with van der Waals surface area (Å²) in [7, 11) is 0. The van der Waals surface area contributed by atoms with Crippen LogP contribution in [0.4, 0.5) is 5.69 Å². The van der Waals surface area contributed by atoms with Crippen molar-refractivity contribution in [1.29, 1.82) is 0 Å². The second-order valence-electron chi connectivity index (χ2n) is 6.12. The van der Waals surface area contributed by atoms with E-state index in [1.165, 1.54) is 16.8 Å². The summed E-state index contributed by atoms with van der Waals surface area (Å²) in [6.45, 7) is 1.42. The van der Waals surface area contributed by atoms with Gasteiger partial charge >= 0.3 is 0 Å². The van der Waals surface area contributed by atoms with Gasteiger partial charge in [-0.2, -0.15) is 5.10 Å². The van der Waals surface area contributed by atoms with E-state index in [0.29, 0.717) is 27.8 Å². The molecule has 0 spiro atoms. The van der Waals surface area contributed by atoms with Gasteiger partial charge in [-0.05, 0) is 43.3 Å². The van der Waals surface area contributed by atoms with Gasteiger partial charge in [0, 0.05) is 28.5 Å². The molecule has 0 unspecified atom stereocenters. The van der Waals surface area contributed by atoms with Crippen molar-refractivity contribution < 1.29 is 14.3 Å². The summed E-state index contributed by atoms with van der Waals surface area (Å²) in [4.78, 5) is 35.8. The van der Waals surface area contributed by atoms with Gasteiger partial charge in [0.25, 0.3) is 11.8 Å². The molecule has 3 rings (SSSR count). The van der Waals surface area contributed by atoms with Crippen LogP contribution in [-0.2, 0) is 4.79 Å². The summed E-state index contributed by atoms with van der Waals surface area (Å²) in [6.07, 6.45) is 0. The second kappa shape index (κ2) is 8.57. The van der Waals surface area contributed by atoms with Crippen LogP contribution in [0.25, 0.3) is 5.69 Å². The molecule has 0 fully saturated rings. The highest BCUT2D eigenvalue weighted by Gasteiger charge is 2.16. The summed E-state index contributed by atoms with van der Waals surface area (Å²) in [5.41, 5.74) is 5.86. The number of halogens is 1. The van der Waals surface area contributed by atoms with Gasteiger partial charge in [-0.1, -0.05) is 17.7 Å². The number of rotatable bonds is 6. The van der Waals surface area contributed by atoms with Crippen molar-refractivity contribution in [2.24, 2.45) is 5.73 Å². The number of hydrogen-bond donors (Lipinski definition) is 2. The van der Waals surface area contributed by atoms with Crippen LogP contribution >= 0.6 is 11.6 Å². The minimum atomic E-state index is -0.676. The number of aromatic nitrogens is 2. The molecular formula is C20H17ClN4O4. The molecule has 0 atom stereocenters. The Balaban J connectivity index is 1.87.